The van der Waals surface area contributed by atoms with Gasteiger partial charge in [-0.15, -0.1) is 0 Å². The lowest BCUT2D eigenvalue weighted by molar-refractivity contribution is -0.140. The number of hydrogen-bond donors (Lipinski definition) is 3. The van der Waals surface area contributed by atoms with Crippen LogP contribution < -0.4 is 11.1 Å². The Labute approximate surface area is 182 Å². The van der Waals surface area contributed by atoms with Gasteiger partial charge in [0, 0.05) is 30.1 Å². The molecular weight excluding hydrogens is 421 g/mol. The second kappa shape index (κ2) is 9.50. The molecule has 0 spiro atoms. The van der Waals surface area contributed by atoms with Gasteiger partial charge in [0.15, 0.2) is 5.78 Å². The molecule has 1 aliphatic heterocycles. The number of nitrogen functional groups attached to an aromatic ring is 1. The number of carboxylic acids is 1. The molecule has 1 aromatic carbocycles. The number of amides is 2. The molecule has 32 heavy (non-hydrogen) atoms. The molecule has 0 saturated carbocycles. The summed E-state index contributed by atoms with van der Waals surface area (Å²) in [7, 11) is 0. The molecule has 4 N–H and O–H groups in total. The van der Waals surface area contributed by atoms with Crippen LogP contribution in [0.15, 0.2) is 30.6 Å². The Balaban J connectivity index is 1.80. The van der Waals surface area contributed by atoms with E-state index >= 15 is 0 Å². The predicted octanol–water partition coefficient (Wildman–Crippen LogP) is 0.958. The van der Waals surface area contributed by atoms with Crippen molar-refractivity contribution in [1.29, 1.82) is 0 Å². The standard InChI is InChI=1S/C21H22FN5O5/c1-2-16(19(31)26-15(6-18(29)30)17(28)7-22)27-10-12-4-3-11(5-14(12)20(27)32)13-8-24-21(23)25-9-13/h3-5,8-9,15-16H,2,6-7,10H2,1H3,(H,26,31)(H,29,30)(H2,23,24,25). The zero-order valence-corrected chi connectivity index (χ0v) is 17.2. The SMILES string of the molecule is CCC(C(=O)NC(CC(=O)O)C(=O)CF)N1Cc2ccc(-c3cnc(N)nc3)cc2C1=O. The quantitative estimate of drug-likeness (QED) is 0.517. The maximum Gasteiger partial charge on any atom is 0.305 e. The number of carbonyl (C=O) groups excluding carboxylic acids is 3. The van der Waals surface area contributed by atoms with E-state index in [1.54, 1.807) is 25.1 Å². The molecule has 10 nitrogen and oxygen atoms in total. The van der Waals surface area contributed by atoms with Crippen molar-refractivity contribution in [2.45, 2.75) is 38.4 Å². The Morgan fingerprint density at radius 2 is 1.94 bits per heavy atom. The Bertz CT molecular complexity index is 1060. The number of alkyl halides is 1. The highest BCUT2D eigenvalue weighted by Crippen LogP contribution is 2.30. The maximum atomic E-state index is 13.1. The van der Waals surface area contributed by atoms with Crippen molar-refractivity contribution in [2.75, 3.05) is 12.4 Å². The summed E-state index contributed by atoms with van der Waals surface area (Å²) >= 11 is 0. The fourth-order valence-corrected chi connectivity index (χ4v) is 3.57. The maximum absolute atomic E-state index is 13.1. The van der Waals surface area contributed by atoms with Gasteiger partial charge in [0.05, 0.1) is 6.42 Å². The van der Waals surface area contributed by atoms with E-state index in [-0.39, 0.29) is 24.8 Å². The fraction of sp³-hybridized carbons (Fsp3) is 0.333. The van der Waals surface area contributed by atoms with Crippen LogP contribution in [0.3, 0.4) is 0 Å². The molecule has 0 aliphatic carbocycles. The number of fused-ring (bicyclic) bond motifs is 1. The highest BCUT2D eigenvalue weighted by Gasteiger charge is 2.37. The summed E-state index contributed by atoms with van der Waals surface area (Å²) in [5.41, 5.74) is 7.99. The first kappa shape index (κ1) is 22.8. The smallest absolute Gasteiger partial charge is 0.305 e. The first-order valence-electron chi connectivity index (χ1n) is 9.87. The molecule has 0 bridgehead atoms. The van der Waals surface area contributed by atoms with Crippen molar-refractivity contribution < 1.29 is 28.7 Å². The van der Waals surface area contributed by atoms with E-state index in [2.05, 4.69) is 15.3 Å². The van der Waals surface area contributed by atoms with E-state index in [0.29, 0.717) is 22.3 Å². The Morgan fingerprint density at radius 3 is 2.53 bits per heavy atom. The normalized spacial score (nSPS) is 14.6. The molecule has 1 aromatic heterocycles. The monoisotopic (exact) mass is 443 g/mol. The van der Waals surface area contributed by atoms with Crippen molar-refractivity contribution in [3.63, 3.8) is 0 Å². The number of benzene rings is 1. The summed E-state index contributed by atoms with van der Waals surface area (Å²) in [6, 6.07) is 2.78. The van der Waals surface area contributed by atoms with Gasteiger partial charge in [-0.2, -0.15) is 0 Å². The molecule has 3 rings (SSSR count). The first-order valence-corrected chi connectivity index (χ1v) is 9.87. The number of Topliss-reactive ketones (excluding diaryl/α,β-unsaturated/α-hetero) is 1. The molecule has 2 aromatic rings. The molecule has 0 radical (unpaired) electrons. The topological polar surface area (TPSA) is 156 Å². The van der Waals surface area contributed by atoms with E-state index in [0.717, 1.165) is 0 Å². The van der Waals surface area contributed by atoms with Crippen molar-refractivity contribution in [3.05, 3.63) is 41.7 Å². The molecule has 2 heterocycles. The highest BCUT2D eigenvalue weighted by atomic mass is 19.1. The van der Waals surface area contributed by atoms with Crippen molar-refractivity contribution in [3.8, 4) is 11.1 Å². The van der Waals surface area contributed by atoms with Crippen LogP contribution in [0.25, 0.3) is 11.1 Å². The second-order valence-corrected chi connectivity index (χ2v) is 7.32. The zero-order valence-electron chi connectivity index (χ0n) is 17.2. The first-order chi connectivity index (χ1) is 15.2. The second-order valence-electron chi connectivity index (χ2n) is 7.32. The number of carboxylic acid groups (broad SMARTS) is 1. The number of aliphatic carboxylic acids is 1. The highest BCUT2D eigenvalue weighted by molar-refractivity contribution is 6.02. The third-order valence-corrected chi connectivity index (χ3v) is 5.23. The van der Waals surface area contributed by atoms with Crippen molar-refractivity contribution >= 4 is 29.5 Å². The van der Waals surface area contributed by atoms with Gasteiger partial charge >= 0.3 is 5.97 Å². The summed E-state index contributed by atoms with van der Waals surface area (Å²) in [5.74, 6) is -3.36. The van der Waals surface area contributed by atoms with Crippen LogP contribution in [0, 0.1) is 0 Å². The largest absolute Gasteiger partial charge is 0.481 e. The number of anilines is 1. The van der Waals surface area contributed by atoms with Gasteiger partial charge in [0.25, 0.3) is 5.91 Å². The third kappa shape index (κ3) is 4.71. The van der Waals surface area contributed by atoms with Crippen LogP contribution >= 0.6 is 0 Å². The predicted molar refractivity (Wildman–Crippen MR) is 111 cm³/mol. The van der Waals surface area contributed by atoms with Crippen LogP contribution in [0.5, 0.6) is 0 Å². The number of ketones is 1. The molecule has 0 saturated heterocycles. The van der Waals surface area contributed by atoms with Crippen LogP contribution in [0.1, 0.15) is 35.7 Å². The summed E-state index contributed by atoms with van der Waals surface area (Å²) in [6.07, 6.45) is 2.54. The summed E-state index contributed by atoms with van der Waals surface area (Å²) in [4.78, 5) is 57.8. The lowest BCUT2D eigenvalue weighted by atomic mass is 10.0. The van der Waals surface area contributed by atoms with Crippen LogP contribution in [0.4, 0.5) is 10.3 Å². The lowest BCUT2D eigenvalue weighted by Gasteiger charge is -2.27. The molecule has 2 atom stereocenters. The number of hydrogen-bond acceptors (Lipinski definition) is 7. The van der Waals surface area contributed by atoms with Crippen LogP contribution in [-0.4, -0.2) is 62.3 Å². The van der Waals surface area contributed by atoms with Gasteiger partial charge in [-0.25, -0.2) is 14.4 Å². The third-order valence-electron chi connectivity index (χ3n) is 5.23. The summed E-state index contributed by atoms with van der Waals surface area (Å²) in [5, 5.41) is 11.2. The van der Waals surface area contributed by atoms with Gasteiger partial charge in [-0.05, 0) is 23.6 Å². The van der Waals surface area contributed by atoms with E-state index in [4.69, 9.17) is 10.8 Å². The van der Waals surface area contributed by atoms with Crippen LogP contribution in [0.2, 0.25) is 0 Å². The van der Waals surface area contributed by atoms with Crippen molar-refractivity contribution in [2.24, 2.45) is 0 Å². The van der Waals surface area contributed by atoms with Crippen LogP contribution in [-0.2, 0) is 20.9 Å². The van der Waals surface area contributed by atoms with Gasteiger partial charge < -0.3 is 21.1 Å². The lowest BCUT2D eigenvalue weighted by Crippen LogP contribution is -2.52. The molecule has 168 valence electrons. The number of nitrogens with zero attached hydrogens (tertiary/aromatic N) is 3. The van der Waals surface area contributed by atoms with E-state index in [1.165, 1.54) is 17.3 Å². The average Bonchev–Trinajstić information content (AvgIpc) is 3.09. The van der Waals surface area contributed by atoms with Crippen molar-refractivity contribution in [1.82, 2.24) is 20.2 Å². The number of carbonyl (C=O) groups is 4. The Hall–Kier alpha value is -3.89. The number of aromatic nitrogens is 2. The minimum atomic E-state index is -1.50. The number of rotatable bonds is 9. The van der Waals surface area contributed by atoms with E-state index < -0.39 is 42.8 Å². The van der Waals surface area contributed by atoms with Gasteiger partial charge in [-0.3, -0.25) is 19.2 Å². The summed E-state index contributed by atoms with van der Waals surface area (Å²) < 4.78 is 12.8. The van der Waals surface area contributed by atoms with Gasteiger partial charge in [0.1, 0.15) is 18.8 Å². The Morgan fingerprint density at radius 1 is 1.25 bits per heavy atom. The average molecular weight is 443 g/mol. The van der Waals surface area contributed by atoms with E-state index in [1.807, 2.05) is 0 Å². The molecule has 11 heteroatoms. The van der Waals surface area contributed by atoms with E-state index in [9.17, 15) is 23.6 Å². The molecule has 1 aliphatic rings. The number of nitrogens with two attached hydrogens (primary N) is 1. The number of nitrogens with one attached hydrogen (secondary N) is 1. The minimum Gasteiger partial charge on any atom is -0.481 e. The summed E-state index contributed by atoms with van der Waals surface area (Å²) in [6.45, 7) is 0.445. The molecule has 2 amide bonds. The zero-order chi connectivity index (χ0) is 23.4. The minimum absolute atomic E-state index is 0.126. The van der Waals surface area contributed by atoms with Gasteiger partial charge in [-0.1, -0.05) is 19.1 Å². The molecule has 2 unspecified atom stereocenters. The van der Waals surface area contributed by atoms with Gasteiger partial charge in [0.2, 0.25) is 11.9 Å². The Kier molecular flexibility index (Phi) is 6.76. The number of halogens is 1. The molecule has 0 fully saturated rings. The fourth-order valence-electron chi connectivity index (χ4n) is 3.57. The molecular formula is C21H22FN5O5.